The Morgan fingerprint density at radius 3 is 2.73 bits per heavy atom. The van der Waals surface area contributed by atoms with Gasteiger partial charge in [-0.05, 0) is 25.1 Å². The normalized spacial score (nSPS) is 11.3. The van der Waals surface area contributed by atoms with Crippen LogP contribution in [0.25, 0.3) is 0 Å². The van der Waals surface area contributed by atoms with Crippen LogP contribution in [0.2, 0.25) is 0 Å². The molecule has 1 nitrogen and oxygen atoms in total. The van der Waals surface area contributed by atoms with Gasteiger partial charge in [-0.25, -0.2) is 0 Å². The fourth-order valence-electron chi connectivity index (χ4n) is 0.648. The number of halogens is 1. The van der Waals surface area contributed by atoms with E-state index in [4.69, 9.17) is 16.3 Å². The van der Waals surface area contributed by atoms with E-state index in [1.54, 1.807) is 19.1 Å². The zero-order valence-corrected chi connectivity index (χ0v) is 6.93. The second kappa shape index (κ2) is 4.04. The summed E-state index contributed by atoms with van der Waals surface area (Å²) in [5.74, 6) is 1.45. The van der Waals surface area contributed by atoms with E-state index >= 15 is 0 Å². The number of allylic oxidation sites excluding steroid dienone is 1. The van der Waals surface area contributed by atoms with Gasteiger partial charge >= 0.3 is 0 Å². The molecule has 2 heteroatoms. The van der Waals surface area contributed by atoms with Crippen molar-refractivity contribution in [1.29, 1.82) is 0 Å². The van der Waals surface area contributed by atoms with Gasteiger partial charge in [0, 0.05) is 5.54 Å². The van der Waals surface area contributed by atoms with Crippen molar-refractivity contribution < 1.29 is 4.74 Å². The number of benzene rings is 1. The van der Waals surface area contributed by atoms with E-state index < -0.39 is 0 Å². The molecule has 0 unspecified atom stereocenters. The second-order valence-electron chi connectivity index (χ2n) is 2.06. The van der Waals surface area contributed by atoms with Crippen LogP contribution < -0.4 is 4.74 Å². The molecule has 11 heavy (non-hydrogen) atoms. The first-order valence-electron chi connectivity index (χ1n) is 3.24. The molecule has 1 rings (SSSR count). The van der Waals surface area contributed by atoms with Crippen LogP contribution in [0.1, 0.15) is 6.92 Å². The molecule has 0 fully saturated rings. The molecule has 0 aliphatic carbocycles. The van der Waals surface area contributed by atoms with E-state index in [1.165, 1.54) is 5.54 Å². The standard InChI is InChI=1S/C9H8ClO/c1-8(7-10)11-9-5-3-2-4-6-9/h3-7H,1H3. The topological polar surface area (TPSA) is 9.23 Å². The lowest BCUT2D eigenvalue weighted by Crippen LogP contribution is -1.87. The van der Waals surface area contributed by atoms with Crippen molar-refractivity contribution >= 4 is 11.6 Å². The van der Waals surface area contributed by atoms with Crippen molar-refractivity contribution in [3.63, 3.8) is 0 Å². The van der Waals surface area contributed by atoms with Gasteiger partial charge in [-0.3, -0.25) is 0 Å². The third-order valence-electron chi connectivity index (χ3n) is 1.12. The molecule has 1 radical (unpaired) electrons. The summed E-state index contributed by atoms with van der Waals surface area (Å²) in [4.78, 5) is 0. The summed E-state index contributed by atoms with van der Waals surface area (Å²) in [6, 6.07) is 10.1. The molecule has 0 saturated carbocycles. The maximum atomic E-state index is 5.41. The minimum Gasteiger partial charge on any atom is -0.461 e. The minimum absolute atomic E-state index is 0.679. The Bertz CT molecular complexity index is 241. The van der Waals surface area contributed by atoms with Crippen LogP contribution in [0.5, 0.6) is 5.75 Å². The summed E-state index contributed by atoms with van der Waals surface area (Å²) in [6.45, 7) is 1.80. The molecule has 0 N–H and O–H groups in total. The summed E-state index contributed by atoms with van der Waals surface area (Å²) in [7, 11) is 0. The molecule has 0 aliphatic heterocycles. The molecule has 0 aliphatic rings. The van der Waals surface area contributed by atoms with Crippen molar-refractivity contribution in [2.45, 2.75) is 6.92 Å². The Labute approximate surface area is 71.3 Å². The first-order chi connectivity index (χ1) is 5.33. The Morgan fingerprint density at radius 1 is 1.55 bits per heavy atom. The number of hydrogen-bond acceptors (Lipinski definition) is 1. The quantitative estimate of drug-likeness (QED) is 0.616. The highest BCUT2D eigenvalue weighted by atomic mass is 35.5. The van der Waals surface area contributed by atoms with Gasteiger partial charge in [-0.2, -0.15) is 0 Å². The number of hydrogen-bond donors (Lipinski definition) is 0. The van der Waals surface area contributed by atoms with Crippen LogP contribution in [-0.2, 0) is 0 Å². The van der Waals surface area contributed by atoms with Gasteiger partial charge in [0.15, 0.2) is 0 Å². The molecule has 0 saturated heterocycles. The van der Waals surface area contributed by atoms with Crippen molar-refractivity contribution in [3.8, 4) is 5.75 Å². The summed E-state index contributed by atoms with van der Waals surface area (Å²) < 4.78 is 5.27. The fraction of sp³-hybridized carbons (Fsp3) is 0.111. The smallest absolute Gasteiger partial charge is 0.127 e. The maximum absolute atomic E-state index is 5.41. The average molecular weight is 168 g/mol. The molecule has 0 amide bonds. The van der Waals surface area contributed by atoms with Gasteiger partial charge < -0.3 is 4.74 Å². The van der Waals surface area contributed by atoms with Crippen LogP contribution in [0.4, 0.5) is 0 Å². The van der Waals surface area contributed by atoms with Crippen LogP contribution in [0.3, 0.4) is 0 Å². The highest BCUT2D eigenvalue weighted by Gasteiger charge is 1.90. The zero-order chi connectivity index (χ0) is 8.10. The molecular formula is C9H8ClO. The van der Waals surface area contributed by atoms with Gasteiger partial charge in [0.25, 0.3) is 0 Å². The van der Waals surface area contributed by atoms with E-state index in [0.717, 1.165) is 5.75 Å². The molecule has 1 aromatic rings. The lowest BCUT2D eigenvalue weighted by atomic mass is 10.3. The maximum Gasteiger partial charge on any atom is 0.127 e. The van der Waals surface area contributed by atoms with Crippen molar-refractivity contribution in [2.75, 3.05) is 0 Å². The predicted octanol–water partition coefficient (Wildman–Crippen LogP) is 2.97. The van der Waals surface area contributed by atoms with E-state index in [2.05, 4.69) is 6.07 Å². The van der Waals surface area contributed by atoms with Gasteiger partial charge in [0.2, 0.25) is 0 Å². The first-order valence-corrected chi connectivity index (χ1v) is 3.67. The highest BCUT2D eigenvalue weighted by molar-refractivity contribution is 6.25. The van der Waals surface area contributed by atoms with Crippen LogP contribution in [-0.4, -0.2) is 0 Å². The Balaban J connectivity index is 2.65. The van der Waals surface area contributed by atoms with Crippen molar-refractivity contribution in [3.05, 3.63) is 41.6 Å². The van der Waals surface area contributed by atoms with Gasteiger partial charge in [0.1, 0.15) is 11.5 Å². The third kappa shape index (κ3) is 2.64. The lowest BCUT2D eigenvalue weighted by Gasteiger charge is -2.02. The Kier molecular flexibility index (Phi) is 2.99. The van der Waals surface area contributed by atoms with Crippen LogP contribution in [0, 0.1) is 6.07 Å². The molecular weight excluding hydrogens is 160 g/mol. The Morgan fingerprint density at radius 2 is 2.18 bits per heavy atom. The molecule has 0 spiro atoms. The lowest BCUT2D eigenvalue weighted by molar-refractivity contribution is 0.429. The van der Waals surface area contributed by atoms with Gasteiger partial charge in [-0.1, -0.05) is 23.7 Å². The zero-order valence-electron chi connectivity index (χ0n) is 6.17. The first kappa shape index (κ1) is 8.15. The minimum atomic E-state index is 0.679. The SMILES string of the molecule is CC(=CCl)Oc1cc[c]cc1. The van der Waals surface area contributed by atoms with E-state index in [-0.39, 0.29) is 0 Å². The number of rotatable bonds is 2. The molecule has 0 aromatic heterocycles. The van der Waals surface area contributed by atoms with Gasteiger partial charge in [0.05, 0.1) is 0 Å². The Hall–Kier alpha value is -0.950. The van der Waals surface area contributed by atoms with E-state index in [0.29, 0.717) is 5.76 Å². The molecule has 0 bridgehead atoms. The molecule has 0 atom stereocenters. The number of ether oxygens (including phenoxy) is 1. The van der Waals surface area contributed by atoms with E-state index in [9.17, 15) is 0 Å². The van der Waals surface area contributed by atoms with Crippen LogP contribution in [0.15, 0.2) is 35.6 Å². The molecule has 0 heterocycles. The van der Waals surface area contributed by atoms with Crippen LogP contribution >= 0.6 is 11.6 Å². The predicted molar refractivity (Wildman–Crippen MR) is 45.5 cm³/mol. The van der Waals surface area contributed by atoms with Crippen molar-refractivity contribution in [2.24, 2.45) is 0 Å². The van der Waals surface area contributed by atoms with Crippen molar-refractivity contribution in [1.82, 2.24) is 0 Å². The molecule has 57 valence electrons. The largest absolute Gasteiger partial charge is 0.461 e. The average Bonchev–Trinajstić information content (AvgIpc) is 2.06. The van der Waals surface area contributed by atoms with E-state index in [1.807, 2.05) is 12.1 Å². The third-order valence-corrected chi connectivity index (χ3v) is 1.43. The fourth-order valence-corrected chi connectivity index (χ4v) is 0.692. The summed E-state index contributed by atoms with van der Waals surface area (Å²) in [6.07, 6.45) is 0. The highest BCUT2D eigenvalue weighted by Crippen LogP contribution is 2.12. The summed E-state index contributed by atoms with van der Waals surface area (Å²) in [5, 5.41) is 0. The van der Waals surface area contributed by atoms with Gasteiger partial charge in [-0.15, -0.1) is 0 Å². The molecule has 1 aromatic carbocycles. The summed E-state index contributed by atoms with van der Waals surface area (Å²) >= 11 is 5.41. The summed E-state index contributed by atoms with van der Waals surface area (Å²) in [5.41, 5.74) is 1.40. The second-order valence-corrected chi connectivity index (χ2v) is 2.28. The monoisotopic (exact) mass is 167 g/mol.